The fourth-order valence-electron chi connectivity index (χ4n) is 2.99. The highest BCUT2D eigenvalue weighted by Gasteiger charge is 2.18. The monoisotopic (exact) mass is 409 g/mol. The molecule has 3 aromatic rings. The summed E-state index contributed by atoms with van der Waals surface area (Å²) in [5.41, 5.74) is 2.23. The molecule has 7 nitrogen and oxygen atoms in total. The van der Waals surface area contributed by atoms with E-state index in [0.717, 1.165) is 5.52 Å². The summed E-state index contributed by atoms with van der Waals surface area (Å²) < 4.78 is 1.76. The number of nitriles is 1. The van der Waals surface area contributed by atoms with Gasteiger partial charge < -0.3 is 9.47 Å². The number of hydrogen-bond donors (Lipinski definition) is 1. The summed E-state index contributed by atoms with van der Waals surface area (Å²) in [6.45, 7) is 0.284. The molecule has 3 rings (SSSR count). The predicted molar refractivity (Wildman–Crippen MR) is 113 cm³/mol. The first-order chi connectivity index (χ1) is 14.0. The van der Waals surface area contributed by atoms with E-state index in [4.69, 9.17) is 16.9 Å². The van der Waals surface area contributed by atoms with Gasteiger partial charge in [0.15, 0.2) is 0 Å². The smallest absolute Gasteiger partial charge is 0.227 e. The Morgan fingerprint density at radius 1 is 1.21 bits per heavy atom. The zero-order valence-electron chi connectivity index (χ0n) is 15.9. The zero-order chi connectivity index (χ0) is 20.8. The van der Waals surface area contributed by atoms with Crippen LogP contribution in [0.1, 0.15) is 19.3 Å². The molecule has 2 amide bonds. The minimum absolute atomic E-state index is 0.0126. The molecular weight excluding hydrogens is 390 g/mol. The Bertz CT molecular complexity index is 1070. The Labute approximate surface area is 173 Å². The maximum Gasteiger partial charge on any atom is 0.227 e. The SMILES string of the molecule is Cn1c(NC(=O)CCC(=O)N(CCC#N)c2ccccc2)nc2cc(Cl)ccc21. The fraction of sp³-hybridized carbons (Fsp3) is 0.238. The van der Waals surface area contributed by atoms with Crippen molar-refractivity contribution >= 4 is 46.1 Å². The minimum atomic E-state index is -0.309. The van der Waals surface area contributed by atoms with E-state index >= 15 is 0 Å². The number of aromatic nitrogens is 2. The summed E-state index contributed by atoms with van der Waals surface area (Å²) in [5.74, 6) is -0.126. The van der Waals surface area contributed by atoms with Crippen LogP contribution < -0.4 is 10.2 Å². The minimum Gasteiger partial charge on any atom is -0.313 e. The summed E-state index contributed by atoms with van der Waals surface area (Å²) in [4.78, 5) is 30.9. The molecule has 0 unspecified atom stereocenters. The number of nitrogens with one attached hydrogen (secondary N) is 1. The van der Waals surface area contributed by atoms with E-state index in [1.165, 1.54) is 4.90 Å². The van der Waals surface area contributed by atoms with Crippen LogP contribution in [-0.2, 0) is 16.6 Å². The first-order valence-electron chi connectivity index (χ1n) is 9.14. The van der Waals surface area contributed by atoms with Gasteiger partial charge in [0.1, 0.15) is 0 Å². The van der Waals surface area contributed by atoms with E-state index in [-0.39, 0.29) is 37.6 Å². The number of anilines is 2. The van der Waals surface area contributed by atoms with Gasteiger partial charge in [0, 0.05) is 37.1 Å². The number of amides is 2. The van der Waals surface area contributed by atoms with Gasteiger partial charge in [-0.25, -0.2) is 4.98 Å². The van der Waals surface area contributed by atoms with Crippen LogP contribution in [0.5, 0.6) is 0 Å². The quantitative estimate of drug-likeness (QED) is 0.640. The van der Waals surface area contributed by atoms with Crippen LogP contribution >= 0.6 is 11.6 Å². The molecule has 2 aromatic carbocycles. The number of halogens is 1. The lowest BCUT2D eigenvalue weighted by atomic mass is 10.2. The van der Waals surface area contributed by atoms with Crippen LogP contribution in [0.4, 0.5) is 11.6 Å². The molecule has 0 radical (unpaired) electrons. The van der Waals surface area contributed by atoms with Crippen LogP contribution in [0.15, 0.2) is 48.5 Å². The number of carbonyl (C=O) groups excluding carboxylic acids is 2. The lowest BCUT2D eigenvalue weighted by Gasteiger charge is -2.21. The second-order valence-corrected chi connectivity index (χ2v) is 6.90. The van der Waals surface area contributed by atoms with Gasteiger partial charge in [0.2, 0.25) is 17.8 Å². The Morgan fingerprint density at radius 2 is 1.97 bits per heavy atom. The standard InChI is InChI=1S/C21H20ClN5O2/c1-26-18-9-8-15(22)14-17(18)24-21(26)25-19(28)10-11-20(29)27(13-5-12-23)16-6-3-2-4-7-16/h2-4,6-9,14H,5,10-11,13H2,1H3,(H,24,25,28). The number of fused-ring (bicyclic) bond motifs is 1. The van der Waals surface area contributed by atoms with Crippen molar-refractivity contribution in [2.24, 2.45) is 7.05 Å². The van der Waals surface area contributed by atoms with Gasteiger partial charge in [-0.05, 0) is 30.3 Å². The van der Waals surface area contributed by atoms with Gasteiger partial charge in [-0.3, -0.25) is 14.9 Å². The van der Waals surface area contributed by atoms with Crippen molar-refractivity contribution in [2.75, 3.05) is 16.8 Å². The fourth-order valence-corrected chi connectivity index (χ4v) is 3.16. The van der Waals surface area contributed by atoms with Crippen molar-refractivity contribution in [1.82, 2.24) is 9.55 Å². The van der Waals surface area contributed by atoms with Crippen molar-refractivity contribution in [3.8, 4) is 6.07 Å². The van der Waals surface area contributed by atoms with E-state index in [9.17, 15) is 9.59 Å². The molecule has 0 fully saturated rings. The van der Waals surface area contributed by atoms with Gasteiger partial charge in [-0.15, -0.1) is 0 Å². The van der Waals surface area contributed by atoms with Crippen molar-refractivity contribution in [3.63, 3.8) is 0 Å². The van der Waals surface area contributed by atoms with Crippen molar-refractivity contribution in [1.29, 1.82) is 5.26 Å². The zero-order valence-corrected chi connectivity index (χ0v) is 16.7. The summed E-state index contributed by atoms with van der Waals surface area (Å²) in [6.07, 6.45) is 0.260. The van der Waals surface area contributed by atoms with Crippen LogP contribution in [0, 0.1) is 11.3 Å². The molecule has 29 heavy (non-hydrogen) atoms. The molecule has 0 aliphatic rings. The maximum atomic E-state index is 12.7. The average molecular weight is 410 g/mol. The molecule has 1 heterocycles. The Hall–Kier alpha value is -3.37. The summed E-state index contributed by atoms with van der Waals surface area (Å²) in [7, 11) is 1.79. The summed E-state index contributed by atoms with van der Waals surface area (Å²) in [6, 6.07) is 16.5. The number of para-hydroxylation sites is 1. The lowest BCUT2D eigenvalue weighted by Crippen LogP contribution is -2.32. The Morgan fingerprint density at radius 3 is 2.69 bits per heavy atom. The molecule has 0 atom stereocenters. The number of nitrogens with zero attached hydrogens (tertiary/aromatic N) is 4. The highest BCUT2D eigenvalue weighted by molar-refractivity contribution is 6.31. The number of rotatable bonds is 7. The van der Waals surface area contributed by atoms with Crippen LogP contribution in [0.2, 0.25) is 5.02 Å². The highest BCUT2D eigenvalue weighted by Crippen LogP contribution is 2.22. The topological polar surface area (TPSA) is 91.0 Å². The van der Waals surface area contributed by atoms with Crippen LogP contribution in [0.3, 0.4) is 0 Å². The Kier molecular flexibility index (Phi) is 6.47. The second kappa shape index (κ2) is 9.22. The molecule has 0 spiro atoms. The molecule has 0 saturated carbocycles. The van der Waals surface area contributed by atoms with E-state index < -0.39 is 0 Å². The second-order valence-electron chi connectivity index (χ2n) is 6.46. The molecule has 148 valence electrons. The molecule has 0 saturated heterocycles. The van der Waals surface area contributed by atoms with Gasteiger partial charge >= 0.3 is 0 Å². The third kappa shape index (κ3) is 4.92. The van der Waals surface area contributed by atoms with Gasteiger partial charge in [0.05, 0.1) is 23.5 Å². The molecule has 1 N–H and O–H groups in total. The normalized spacial score (nSPS) is 10.5. The number of carbonyl (C=O) groups is 2. The molecule has 0 bridgehead atoms. The largest absolute Gasteiger partial charge is 0.313 e. The number of aryl methyl sites for hydroxylation is 1. The molecule has 8 heteroatoms. The third-order valence-corrected chi connectivity index (χ3v) is 4.71. The van der Waals surface area contributed by atoms with E-state index in [2.05, 4.69) is 10.3 Å². The highest BCUT2D eigenvalue weighted by atomic mass is 35.5. The van der Waals surface area contributed by atoms with E-state index in [1.807, 2.05) is 30.3 Å². The maximum absolute atomic E-state index is 12.7. The lowest BCUT2D eigenvalue weighted by molar-refractivity contribution is -0.122. The third-order valence-electron chi connectivity index (χ3n) is 4.48. The van der Waals surface area contributed by atoms with E-state index in [1.54, 1.807) is 35.9 Å². The van der Waals surface area contributed by atoms with E-state index in [0.29, 0.717) is 22.2 Å². The molecule has 0 aliphatic heterocycles. The van der Waals surface area contributed by atoms with Crippen molar-refractivity contribution in [2.45, 2.75) is 19.3 Å². The molecular formula is C21H20ClN5O2. The Balaban J connectivity index is 1.64. The number of hydrogen-bond acceptors (Lipinski definition) is 4. The molecule has 0 aliphatic carbocycles. The first kappa shape index (κ1) is 20.4. The van der Waals surface area contributed by atoms with Crippen LogP contribution in [0.25, 0.3) is 11.0 Å². The molecule has 1 aromatic heterocycles. The summed E-state index contributed by atoms with van der Waals surface area (Å²) in [5, 5.41) is 12.2. The van der Waals surface area contributed by atoms with Gasteiger partial charge in [-0.2, -0.15) is 5.26 Å². The summed E-state index contributed by atoms with van der Waals surface area (Å²) >= 11 is 5.99. The number of imidazole rings is 1. The van der Waals surface area contributed by atoms with Gasteiger partial charge in [-0.1, -0.05) is 29.8 Å². The van der Waals surface area contributed by atoms with Crippen LogP contribution in [-0.4, -0.2) is 27.9 Å². The van der Waals surface area contributed by atoms with Crippen molar-refractivity contribution in [3.05, 3.63) is 53.6 Å². The van der Waals surface area contributed by atoms with Gasteiger partial charge in [0.25, 0.3) is 0 Å². The first-order valence-corrected chi connectivity index (χ1v) is 9.51. The predicted octanol–water partition coefficient (Wildman–Crippen LogP) is 3.89. The van der Waals surface area contributed by atoms with Crippen molar-refractivity contribution < 1.29 is 9.59 Å². The average Bonchev–Trinajstić information content (AvgIpc) is 3.02. The number of benzene rings is 2.